The summed E-state index contributed by atoms with van der Waals surface area (Å²) in [6.07, 6.45) is 1.95. The number of hydrogen-bond donors (Lipinski definition) is 0. The molecule has 0 N–H and O–H groups in total. The van der Waals surface area contributed by atoms with Crippen LogP contribution in [0, 0.1) is 0 Å². The molecule has 0 radical (unpaired) electrons. The first-order valence-electron chi connectivity index (χ1n) is 23.5. The highest BCUT2D eigenvalue weighted by atomic mass is 15.4. The Kier molecular flexibility index (Phi) is 10.4. The number of rotatable bonds is 10. The van der Waals surface area contributed by atoms with Crippen LogP contribution in [0.2, 0.25) is 0 Å². The standard InChI is InChI=1S/C63H49N5/c1-44(2)65-43-66(60-35-17-16-34-59(60)65)49-26-18-27-50(41-49)67(63-54(46-22-8-4-9-23-46)31-19-32-55(63)47-24-10-5-11-25-47)51-36-37-57-56-30-14-15-33-58(56)68(61(57)42-51)62-40-48(38-39-64-62)53-29-13-12-28-52(53)45-20-6-3-7-21-45/h3-42,44H,43H2,1-2H3. The Morgan fingerprint density at radius 2 is 0.971 bits per heavy atom. The molecule has 2 aromatic heterocycles. The Labute approximate surface area is 398 Å². The van der Waals surface area contributed by atoms with Crippen LogP contribution in [0.5, 0.6) is 0 Å². The minimum absolute atomic E-state index is 0.347. The molecule has 1 aliphatic heterocycles. The van der Waals surface area contributed by atoms with Crippen LogP contribution < -0.4 is 14.7 Å². The third-order valence-electron chi connectivity index (χ3n) is 13.4. The number of aromatic nitrogens is 2. The van der Waals surface area contributed by atoms with Crippen molar-refractivity contribution in [2.75, 3.05) is 21.4 Å². The number of benzene rings is 9. The molecule has 0 amide bonds. The SMILES string of the molecule is CC(C)N1CN(c2cccc(N(c3ccc4c5ccccc5n(-c5cc(-c6ccccc6-c6ccccc6)ccn5)c4c3)c3c(-c4ccccc4)cccc3-c3ccccc3)c2)c2ccccc21. The van der Waals surface area contributed by atoms with Gasteiger partial charge in [0.2, 0.25) is 0 Å². The average Bonchev–Trinajstić information content (AvgIpc) is 3.96. The molecule has 3 heterocycles. The molecular formula is C63H49N5. The van der Waals surface area contributed by atoms with Crippen molar-refractivity contribution < 1.29 is 0 Å². The number of anilines is 6. The van der Waals surface area contributed by atoms with Gasteiger partial charge in [-0.3, -0.25) is 4.57 Å². The molecule has 9 aromatic carbocycles. The molecule has 0 unspecified atom stereocenters. The predicted octanol–water partition coefficient (Wildman–Crippen LogP) is 16.6. The summed E-state index contributed by atoms with van der Waals surface area (Å²) in [5.74, 6) is 0.860. The molecule has 68 heavy (non-hydrogen) atoms. The normalized spacial score (nSPS) is 12.3. The highest BCUT2D eigenvalue weighted by molar-refractivity contribution is 6.11. The molecule has 0 aliphatic carbocycles. The smallest absolute Gasteiger partial charge is 0.138 e. The molecule has 1 aliphatic rings. The van der Waals surface area contributed by atoms with Gasteiger partial charge in [-0.2, -0.15) is 0 Å². The Hall–Kier alpha value is -8.67. The van der Waals surface area contributed by atoms with Gasteiger partial charge in [-0.05, 0) is 108 Å². The molecule has 0 fully saturated rings. The third-order valence-corrected chi connectivity index (χ3v) is 13.4. The number of para-hydroxylation sites is 4. The average molecular weight is 876 g/mol. The van der Waals surface area contributed by atoms with Gasteiger partial charge in [0.25, 0.3) is 0 Å². The molecule has 0 saturated heterocycles. The van der Waals surface area contributed by atoms with Crippen LogP contribution in [0.1, 0.15) is 13.8 Å². The number of hydrogen-bond acceptors (Lipinski definition) is 4. The summed E-state index contributed by atoms with van der Waals surface area (Å²) >= 11 is 0. The zero-order chi connectivity index (χ0) is 45.6. The summed E-state index contributed by atoms with van der Waals surface area (Å²) in [7, 11) is 0. The van der Waals surface area contributed by atoms with E-state index in [4.69, 9.17) is 4.98 Å². The van der Waals surface area contributed by atoms with Crippen LogP contribution in [0.15, 0.2) is 243 Å². The summed E-state index contributed by atoms with van der Waals surface area (Å²) in [6.45, 7) is 5.31. The van der Waals surface area contributed by atoms with E-state index < -0.39 is 0 Å². The summed E-state index contributed by atoms with van der Waals surface area (Å²) in [4.78, 5) is 12.6. The van der Waals surface area contributed by atoms with E-state index in [9.17, 15) is 0 Å². The van der Waals surface area contributed by atoms with Crippen molar-refractivity contribution in [3.63, 3.8) is 0 Å². The molecule has 0 atom stereocenters. The van der Waals surface area contributed by atoms with Gasteiger partial charge in [-0.15, -0.1) is 0 Å². The molecule has 326 valence electrons. The van der Waals surface area contributed by atoms with E-state index >= 15 is 0 Å². The molecule has 5 nitrogen and oxygen atoms in total. The first-order valence-corrected chi connectivity index (χ1v) is 23.5. The van der Waals surface area contributed by atoms with E-state index in [0.29, 0.717) is 6.04 Å². The van der Waals surface area contributed by atoms with Crippen LogP contribution in [0.25, 0.3) is 72.1 Å². The molecule has 0 saturated carbocycles. The van der Waals surface area contributed by atoms with Crippen molar-refractivity contribution in [3.05, 3.63) is 243 Å². The zero-order valence-corrected chi connectivity index (χ0v) is 38.1. The second-order valence-corrected chi connectivity index (χ2v) is 17.8. The quantitative estimate of drug-likeness (QED) is 0.137. The van der Waals surface area contributed by atoms with Crippen LogP contribution in [0.3, 0.4) is 0 Å². The zero-order valence-electron chi connectivity index (χ0n) is 38.1. The number of fused-ring (bicyclic) bond motifs is 4. The predicted molar refractivity (Wildman–Crippen MR) is 286 cm³/mol. The topological polar surface area (TPSA) is 27.5 Å². The maximum absolute atomic E-state index is 5.14. The first kappa shape index (κ1) is 40.8. The monoisotopic (exact) mass is 875 g/mol. The van der Waals surface area contributed by atoms with Crippen molar-refractivity contribution in [3.8, 4) is 50.3 Å². The maximum Gasteiger partial charge on any atom is 0.138 e. The summed E-state index contributed by atoms with van der Waals surface area (Å²) in [5.41, 5.74) is 18.2. The van der Waals surface area contributed by atoms with Crippen molar-refractivity contribution in [1.82, 2.24) is 9.55 Å². The van der Waals surface area contributed by atoms with Crippen LogP contribution >= 0.6 is 0 Å². The fourth-order valence-electron chi connectivity index (χ4n) is 10.3. The first-order chi connectivity index (χ1) is 33.6. The van der Waals surface area contributed by atoms with E-state index in [1.54, 1.807) is 0 Å². The number of nitrogens with zero attached hydrogens (tertiary/aromatic N) is 5. The minimum atomic E-state index is 0.347. The number of pyridine rings is 1. The van der Waals surface area contributed by atoms with Gasteiger partial charge in [-0.1, -0.05) is 176 Å². The van der Waals surface area contributed by atoms with Crippen LogP contribution in [0.4, 0.5) is 34.1 Å². The van der Waals surface area contributed by atoms with Gasteiger partial charge < -0.3 is 14.7 Å². The van der Waals surface area contributed by atoms with Crippen molar-refractivity contribution in [2.24, 2.45) is 0 Å². The van der Waals surface area contributed by atoms with Crippen molar-refractivity contribution >= 4 is 55.9 Å². The fourth-order valence-corrected chi connectivity index (χ4v) is 10.3. The third kappa shape index (κ3) is 7.17. The van der Waals surface area contributed by atoms with Crippen molar-refractivity contribution in [2.45, 2.75) is 19.9 Å². The van der Waals surface area contributed by atoms with E-state index in [1.807, 2.05) is 6.20 Å². The summed E-state index contributed by atoms with van der Waals surface area (Å²) < 4.78 is 2.35. The Morgan fingerprint density at radius 3 is 1.66 bits per heavy atom. The molecule has 12 rings (SSSR count). The van der Waals surface area contributed by atoms with Gasteiger partial charge in [0.15, 0.2) is 0 Å². The van der Waals surface area contributed by atoms with E-state index in [1.165, 1.54) is 27.9 Å². The van der Waals surface area contributed by atoms with E-state index in [-0.39, 0.29) is 0 Å². The van der Waals surface area contributed by atoms with Gasteiger partial charge in [-0.25, -0.2) is 4.98 Å². The molecule has 0 spiro atoms. The lowest BCUT2D eigenvalue weighted by Crippen LogP contribution is -2.33. The van der Waals surface area contributed by atoms with Gasteiger partial charge in [0, 0.05) is 51.2 Å². The van der Waals surface area contributed by atoms with Gasteiger partial charge >= 0.3 is 0 Å². The highest BCUT2D eigenvalue weighted by Crippen LogP contribution is 2.50. The van der Waals surface area contributed by atoms with Crippen LogP contribution in [-0.2, 0) is 0 Å². The van der Waals surface area contributed by atoms with Gasteiger partial charge in [0.1, 0.15) is 5.82 Å². The van der Waals surface area contributed by atoms with E-state index in [0.717, 1.165) is 85.0 Å². The molecule has 11 aromatic rings. The second-order valence-electron chi connectivity index (χ2n) is 17.8. The fraction of sp³-hybridized carbons (Fsp3) is 0.0635. The molecule has 0 bridgehead atoms. The maximum atomic E-state index is 5.14. The van der Waals surface area contributed by atoms with Gasteiger partial charge in [0.05, 0.1) is 34.8 Å². The Balaban J connectivity index is 1.10. The van der Waals surface area contributed by atoms with Crippen LogP contribution in [-0.4, -0.2) is 22.3 Å². The lowest BCUT2D eigenvalue weighted by Gasteiger charge is -2.32. The summed E-state index contributed by atoms with van der Waals surface area (Å²) in [5, 5.41) is 2.34. The Morgan fingerprint density at radius 1 is 0.426 bits per heavy atom. The highest BCUT2D eigenvalue weighted by Gasteiger charge is 2.30. The lowest BCUT2D eigenvalue weighted by molar-refractivity contribution is 0.709. The Bertz CT molecular complexity index is 3540. The van der Waals surface area contributed by atoms with Crippen molar-refractivity contribution in [1.29, 1.82) is 0 Å². The molecule has 5 heteroatoms. The lowest BCUT2D eigenvalue weighted by atomic mass is 9.94. The largest absolute Gasteiger partial charge is 0.349 e. The van der Waals surface area contributed by atoms with E-state index in [2.05, 4.69) is 270 Å². The second kappa shape index (κ2) is 17.3. The minimum Gasteiger partial charge on any atom is -0.349 e. The summed E-state index contributed by atoms with van der Waals surface area (Å²) in [6, 6.07) is 85.9. The molecular weight excluding hydrogens is 827 g/mol.